The molecule has 2 aliphatic carbocycles. The normalized spacial score (nSPS) is 42.9. The van der Waals surface area contributed by atoms with Crippen LogP contribution in [0, 0.1) is 11.8 Å². The lowest BCUT2D eigenvalue weighted by Gasteiger charge is -2.46. The molecule has 2 aliphatic rings. The molecule has 0 amide bonds. The number of rotatable bonds is 2. The standard InChI is InChI=1S/C12H24N2/c1-8(2)14-12-9-4-3-5-10(12)7-11(13)6-9/h8-12,14H,3-7,13H2,1-2H3. The van der Waals surface area contributed by atoms with Crippen LogP contribution in [0.25, 0.3) is 0 Å². The van der Waals surface area contributed by atoms with E-state index in [2.05, 4.69) is 19.2 Å². The molecular formula is C12H24N2. The van der Waals surface area contributed by atoms with Crippen LogP contribution in [0.3, 0.4) is 0 Å². The molecule has 0 aromatic heterocycles. The minimum atomic E-state index is 0.482. The zero-order valence-electron chi connectivity index (χ0n) is 9.50. The first-order valence-corrected chi connectivity index (χ1v) is 6.18. The molecule has 2 bridgehead atoms. The molecule has 2 unspecified atom stereocenters. The van der Waals surface area contributed by atoms with Gasteiger partial charge in [0.1, 0.15) is 0 Å². The summed E-state index contributed by atoms with van der Waals surface area (Å²) in [6.45, 7) is 4.51. The van der Waals surface area contributed by atoms with E-state index in [1.807, 2.05) is 0 Å². The fourth-order valence-corrected chi connectivity index (χ4v) is 3.45. The molecule has 2 atom stereocenters. The van der Waals surface area contributed by atoms with Gasteiger partial charge in [-0.25, -0.2) is 0 Å². The predicted octanol–water partition coefficient (Wildman–Crippen LogP) is 1.89. The third-order valence-electron chi connectivity index (χ3n) is 3.90. The Hall–Kier alpha value is -0.0800. The van der Waals surface area contributed by atoms with Crippen LogP contribution in [0.2, 0.25) is 0 Å². The van der Waals surface area contributed by atoms with Crippen molar-refractivity contribution in [3.8, 4) is 0 Å². The highest BCUT2D eigenvalue weighted by Gasteiger charge is 2.38. The summed E-state index contributed by atoms with van der Waals surface area (Å²) in [4.78, 5) is 0. The minimum Gasteiger partial charge on any atom is -0.328 e. The molecule has 82 valence electrons. The van der Waals surface area contributed by atoms with E-state index in [1.165, 1.54) is 32.1 Å². The van der Waals surface area contributed by atoms with Crippen LogP contribution in [-0.4, -0.2) is 18.1 Å². The van der Waals surface area contributed by atoms with Crippen molar-refractivity contribution >= 4 is 0 Å². The first kappa shape index (κ1) is 10.4. The second-order valence-corrected chi connectivity index (χ2v) is 5.53. The Morgan fingerprint density at radius 2 is 1.71 bits per heavy atom. The molecule has 2 saturated carbocycles. The molecule has 0 aromatic rings. The van der Waals surface area contributed by atoms with Crippen molar-refractivity contribution in [2.75, 3.05) is 0 Å². The summed E-state index contributed by atoms with van der Waals surface area (Å²) in [5, 5.41) is 3.75. The van der Waals surface area contributed by atoms with Crippen molar-refractivity contribution < 1.29 is 0 Å². The Bertz CT molecular complexity index is 177. The molecule has 3 N–H and O–H groups in total. The fourth-order valence-electron chi connectivity index (χ4n) is 3.45. The topological polar surface area (TPSA) is 38.0 Å². The largest absolute Gasteiger partial charge is 0.328 e. The number of hydrogen-bond donors (Lipinski definition) is 2. The summed E-state index contributed by atoms with van der Waals surface area (Å²) >= 11 is 0. The van der Waals surface area contributed by atoms with Gasteiger partial charge in [0, 0.05) is 18.1 Å². The first-order chi connectivity index (χ1) is 6.66. The van der Waals surface area contributed by atoms with Crippen molar-refractivity contribution in [2.24, 2.45) is 17.6 Å². The summed E-state index contributed by atoms with van der Waals surface area (Å²) in [7, 11) is 0. The first-order valence-electron chi connectivity index (χ1n) is 6.18. The van der Waals surface area contributed by atoms with E-state index in [1.54, 1.807) is 0 Å². The van der Waals surface area contributed by atoms with Gasteiger partial charge in [0.05, 0.1) is 0 Å². The van der Waals surface area contributed by atoms with Crippen LogP contribution in [0.1, 0.15) is 46.0 Å². The van der Waals surface area contributed by atoms with Gasteiger partial charge in [-0.1, -0.05) is 20.3 Å². The van der Waals surface area contributed by atoms with Gasteiger partial charge in [0.2, 0.25) is 0 Å². The van der Waals surface area contributed by atoms with E-state index in [9.17, 15) is 0 Å². The highest BCUT2D eigenvalue weighted by Crippen LogP contribution is 2.39. The van der Waals surface area contributed by atoms with Crippen molar-refractivity contribution in [2.45, 2.75) is 64.1 Å². The van der Waals surface area contributed by atoms with E-state index in [0.717, 1.165) is 17.9 Å². The Balaban J connectivity index is 2.01. The van der Waals surface area contributed by atoms with Gasteiger partial charge in [0.25, 0.3) is 0 Å². The highest BCUT2D eigenvalue weighted by molar-refractivity contribution is 4.95. The highest BCUT2D eigenvalue weighted by atomic mass is 15.0. The van der Waals surface area contributed by atoms with Gasteiger partial charge in [-0.3, -0.25) is 0 Å². The van der Waals surface area contributed by atoms with Crippen LogP contribution in [0.5, 0.6) is 0 Å². The number of nitrogens with one attached hydrogen (secondary N) is 1. The molecule has 0 radical (unpaired) electrons. The SMILES string of the molecule is CC(C)NC1C2CCCC1CC(N)C2. The van der Waals surface area contributed by atoms with Crippen LogP contribution in [0.15, 0.2) is 0 Å². The Morgan fingerprint density at radius 3 is 2.21 bits per heavy atom. The molecule has 0 saturated heterocycles. The van der Waals surface area contributed by atoms with E-state index in [-0.39, 0.29) is 0 Å². The molecule has 0 spiro atoms. The summed E-state index contributed by atoms with van der Waals surface area (Å²) in [6.07, 6.45) is 6.73. The summed E-state index contributed by atoms with van der Waals surface area (Å²) in [5.74, 6) is 1.72. The average molecular weight is 196 g/mol. The molecular weight excluding hydrogens is 172 g/mol. The Morgan fingerprint density at radius 1 is 1.14 bits per heavy atom. The van der Waals surface area contributed by atoms with Crippen molar-refractivity contribution in [3.63, 3.8) is 0 Å². The quantitative estimate of drug-likeness (QED) is 0.708. The summed E-state index contributed by atoms with van der Waals surface area (Å²) in [6, 6.07) is 1.87. The van der Waals surface area contributed by atoms with E-state index in [4.69, 9.17) is 5.73 Å². The lowest BCUT2D eigenvalue weighted by Crippen LogP contribution is -2.53. The average Bonchev–Trinajstić information content (AvgIpc) is 2.05. The Labute approximate surface area is 87.6 Å². The van der Waals surface area contributed by atoms with Gasteiger partial charge in [-0.15, -0.1) is 0 Å². The van der Waals surface area contributed by atoms with Crippen LogP contribution < -0.4 is 11.1 Å². The van der Waals surface area contributed by atoms with Crippen LogP contribution >= 0.6 is 0 Å². The zero-order valence-corrected chi connectivity index (χ0v) is 9.50. The van der Waals surface area contributed by atoms with Gasteiger partial charge in [-0.2, -0.15) is 0 Å². The molecule has 0 aromatic carbocycles. The number of fused-ring (bicyclic) bond motifs is 2. The van der Waals surface area contributed by atoms with Crippen LogP contribution in [0.4, 0.5) is 0 Å². The van der Waals surface area contributed by atoms with Crippen molar-refractivity contribution in [1.82, 2.24) is 5.32 Å². The minimum absolute atomic E-state index is 0.482. The van der Waals surface area contributed by atoms with Crippen molar-refractivity contribution in [1.29, 1.82) is 0 Å². The molecule has 0 heterocycles. The van der Waals surface area contributed by atoms with Gasteiger partial charge in [0.15, 0.2) is 0 Å². The zero-order chi connectivity index (χ0) is 10.1. The maximum Gasteiger partial charge on any atom is 0.0127 e. The predicted molar refractivity (Wildman–Crippen MR) is 60.1 cm³/mol. The van der Waals surface area contributed by atoms with E-state index < -0.39 is 0 Å². The maximum atomic E-state index is 6.09. The number of hydrogen-bond acceptors (Lipinski definition) is 2. The molecule has 14 heavy (non-hydrogen) atoms. The summed E-state index contributed by atoms with van der Waals surface area (Å²) in [5.41, 5.74) is 6.09. The van der Waals surface area contributed by atoms with Gasteiger partial charge < -0.3 is 11.1 Å². The molecule has 2 fully saturated rings. The van der Waals surface area contributed by atoms with E-state index in [0.29, 0.717) is 12.1 Å². The fraction of sp³-hybridized carbons (Fsp3) is 1.00. The summed E-state index contributed by atoms with van der Waals surface area (Å²) < 4.78 is 0. The van der Waals surface area contributed by atoms with Crippen LogP contribution in [-0.2, 0) is 0 Å². The maximum absolute atomic E-state index is 6.09. The van der Waals surface area contributed by atoms with Crippen molar-refractivity contribution in [3.05, 3.63) is 0 Å². The second-order valence-electron chi connectivity index (χ2n) is 5.53. The Kier molecular flexibility index (Phi) is 3.13. The lowest BCUT2D eigenvalue weighted by molar-refractivity contribution is 0.104. The molecule has 2 rings (SSSR count). The van der Waals surface area contributed by atoms with E-state index >= 15 is 0 Å². The molecule has 2 heteroatoms. The molecule has 2 nitrogen and oxygen atoms in total. The number of nitrogens with two attached hydrogens (primary N) is 1. The smallest absolute Gasteiger partial charge is 0.0127 e. The van der Waals surface area contributed by atoms with Gasteiger partial charge >= 0.3 is 0 Å². The molecule has 0 aliphatic heterocycles. The van der Waals surface area contributed by atoms with Gasteiger partial charge in [-0.05, 0) is 37.5 Å². The lowest BCUT2D eigenvalue weighted by atomic mass is 9.67. The third-order valence-corrected chi connectivity index (χ3v) is 3.90. The second kappa shape index (κ2) is 4.19. The monoisotopic (exact) mass is 196 g/mol. The third kappa shape index (κ3) is 2.12.